The molecule has 0 bridgehead atoms. The molecule has 31 heavy (non-hydrogen) atoms. The lowest BCUT2D eigenvalue weighted by Crippen LogP contribution is -2.28. The number of carbonyl (C=O) groups excluding carboxylic acids is 2. The van der Waals surface area contributed by atoms with Crippen LogP contribution in [0.15, 0.2) is 72.8 Å². The van der Waals surface area contributed by atoms with Crippen molar-refractivity contribution in [3.05, 3.63) is 89.7 Å². The van der Waals surface area contributed by atoms with Gasteiger partial charge in [0.1, 0.15) is 11.6 Å². The Hall–Kier alpha value is -3.87. The van der Waals surface area contributed by atoms with E-state index in [1.54, 1.807) is 43.5 Å². The maximum Gasteiger partial charge on any atom is 0.253 e. The molecule has 160 valence electrons. The van der Waals surface area contributed by atoms with Gasteiger partial charge in [0.05, 0.1) is 24.9 Å². The molecule has 3 aromatic rings. The van der Waals surface area contributed by atoms with Gasteiger partial charge in [-0.05, 0) is 48.4 Å². The largest absolute Gasteiger partial charge is 0.497 e. The topological polar surface area (TPSA) is 79.5 Å². The van der Waals surface area contributed by atoms with Crippen LogP contribution in [0.25, 0.3) is 0 Å². The second-order valence-corrected chi connectivity index (χ2v) is 6.78. The Kier molecular flexibility index (Phi) is 7.59. The van der Waals surface area contributed by atoms with E-state index in [0.29, 0.717) is 24.2 Å². The van der Waals surface area contributed by atoms with Crippen LogP contribution in [0.5, 0.6) is 5.75 Å². The Morgan fingerprint density at radius 1 is 0.903 bits per heavy atom. The van der Waals surface area contributed by atoms with Gasteiger partial charge in [0, 0.05) is 12.2 Å². The van der Waals surface area contributed by atoms with Crippen LogP contribution >= 0.6 is 0 Å². The zero-order valence-corrected chi connectivity index (χ0v) is 17.2. The fourth-order valence-electron chi connectivity index (χ4n) is 2.98. The van der Waals surface area contributed by atoms with Crippen molar-refractivity contribution in [2.75, 3.05) is 30.8 Å². The Morgan fingerprint density at radius 3 is 2.29 bits per heavy atom. The van der Waals surface area contributed by atoms with Gasteiger partial charge in [-0.15, -0.1) is 0 Å². The highest BCUT2D eigenvalue weighted by Crippen LogP contribution is 2.16. The molecular formula is C24H24FN3O3. The number of nitrogens with one attached hydrogen (secondary N) is 3. The van der Waals surface area contributed by atoms with Gasteiger partial charge in [-0.1, -0.05) is 36.4 Å². The normalized spacial score (nSPS) is 10.3. The van der Waals surface area contributed by atoms with E-state index < -0.39 is 11.7 Å². The molecular weight excluding hydrogens is 397 g/mol. The Balaban J connectivity index is 1.53. The van der Waals surface area contributed by atoms with E-state index in [0.717, 1.165) is 11.3 Å². The summed E-state index contributed by atoms with van der Waals surface area (Å²) in [5.74, 6) is -0.384. The number of benzene rings is 3. The number of carbonyl (C=O) groups is 2. The number of ether oxygens (including phenoxy) is 1. The molecule has 3 aromatic carbocycles. The summed E-state index contributed by atoms with van der Waals surface area (Å²) >= 11 is 0. The van der Waals surface area contributed by atoms with Crippen molar-refractivity contribution >= 4 is 23.2 Å². The number of hydrogen-bond acceptors (Lipinski definition) is 4. The first-order valence-corrected chi connectivity index (χ1v) is 9.85. The number of para-hydroxylation sites is 2. The molecule has 3 N–H and O–H groups in total. The van der Waals surface area contributed by atoms with Crippen molar-refractivity contribution in [2.45, 2.75) is 6.42 Å². The summed E-state index contributed by atoms with van der Waals surface area (Å²) in [5.41, 5.74) is 2.14. The molecule has 0 fully saturated rings. The Labute approximate surface area is 180 Å². The van der Waals surface area contributed by atoms with Crippen LogP contribution in [0.4, 0.5) is 15.8 Å². The molecule has 0 saturated carbocycles. The lowest BCUT2D eigenvalue weighted by molar-refractivity contribution is -0.114. The lowest BCUT2D eigenvalue weighted by atomic mass is 10.1. The first kappa shape index (κ1) is 21.8. The van der Waals surface area contributed by atoms with Crippen LogP contribution < -0.4 is 20.7 Å². The fraction of sp³-hybridized carbons (Fsp3) is 0.167. The standard InChI is InChI=1S/C24H24FN3O3/c1-31-18-12-10-17(11-13-18)14-15-26-24(30)19-6-2-4-8-21(19)27-16-23(29)28-22-9-5-3-7-20(22)25/h2-13,27H,14-16H2,1H3,(H,26,30)(H,28,29). The SMILES string of the molecule is COc1ccc(CCNC(=O)c2ccccc2NCC(=O)Nc2ccccc2F)cc1. The second-order valence-electron chi connectivity index (χ2n) is 6.78. The second kappa shape index (κ2) is 10.8. The average molecular weight is 421 g/mol. The highest BCUT2D eigenvalue weighted by Gasteiger charge is 2.12. The fourth-order valence-corrected chi connectivity index (χ4v) is 2.98. The van der Waals surface area contributed by atoms with Crippen LogP contribution in [0, 0.1) is 5.82 Å². The van der Waals surface area contributed by atoms with Crippen LogP contribution in [-0.4, -0.2) is 32.0 Å². The highest BCUT2D eigenvalue weighted by atomic mass is 19.1. The van der Waals surface area contributed by atoms with Crippen molar-refractivity contribution in [2.24, 2.45) is 0 Å². The maximum atomic E-state index is 13.7. The molecule has 0 aromatic heterocycles. The lowest BCUT2D eigenvalue weighted by Gasteiger charge is -2.13. The Morgan fingerprint density at radius 2 is 1.58 bits per heavy atom. The molecule has 0 atom stereocenters. The predicted octanol–water partition coefficient (Wildman–Crippen LogP) is 3.86. The van der Waals surface area contributed by atoms with E-state index in [9.17, 15) is 14.0 Å². The third kappa shape index (κ3) is 6.30. The number of amides is 2. The molecule has 7 heteroatoms. The molecule has 0 aliphatic rings. The van der Waals surface area contributed by atoms with Gasteiger partial charge in [-0.2, -0.15) is 0 Å². The molecule has 0 radical (unpaired) electrons. The monoisotopic (exact) mass is 421 g/mol. The van der Waals surface area contributed by atoms with Gasteiger partial charge >= 0.3 is 0 Å². The van der Waals surface area contributed by atoms with Crippen molar-refractivity contribution in [3.63, 3.8) is 0 Å². The van der Waals surface area contributed by atoms with Gasteiger partial charge in [-0.25, -0.2) is 4.39 Å². The van der Waals surface area contributed by atoms with Crippen LogP contribution in [0.2, 0.25) is 0 Å². The number of hydrogen-bond donors (Lipinski definition) is 3. The van der Waals surface area contributed by atoms with Crippen LogP contribution in [0.1, 0.15) is 15.9 Å². The molecule has 0 heterocycles. The third-order valence-electron chi connectivity index (χ3n) is 4.62. The van der Waals surface area contributed by atoms with Crippen molar-refractivity contribution in [1.82, 2.24) is 5.32 Å². The third-order valence-corrected chi connectivity index (χ3v) is 4.62. The molecule has 0 unspecified atom stereocenters. The van der Waals surface area contributed by atoms with Gasteiger partial charge in [0.25, 0.3) is 5.91 Å². The molecule has 0 aliphatic carbocycles. The molecule has 2 amide bonds. The van der Waals surface area contributed by atoms with E-state index in [2.05, 4.69) is 16.0 Å². The van der Waals surface area contributed by atoms with Crippen molar-refractivity contribution in [3.8, 4) is 5.75 Å². The highest BCUT2D eigenvalue weighted by molar-refractivity contribution is 6.00. The summed E-state index contributed by atoms with van der Waals surface area (Å²) in [5, 5.41) is 8.34. The average Bonchev–Trinajstić information content (AvgIpc) is 2.80. The van der Waals surface area contributed by atoms with E-state index >= 15 is 0 Å². The van der Waals surface area contributed by atoms with Crippen LogP contribution in [-0.2, 0) is 11.2 Å². The molecule has 0 saturated heterocycles. The minimum absolute atomic E-state index is 0.107. The zero-order valence-electron chi connectivity index (χ0n) is 17.2. The van der Waals surface area contributed by atoms with Gasteiger partial charge in [0.2, 0.25) is 5.91 Å². The summed E-state index contributed by atoms with van der Waals surface area (Å²) in [7, 11) is 1.62. The zero-order chi connectivity index (χ0) is 22.1. The number of anilines is 2. The van der Waals surface area contributed by atoms with Gasteiger partial charge < -0.3 is 20.7 Å². The number of methoxy groups -OCH3 is 1. The maximum absolute atomic E-state index is 13.7. The van der Waals surface area contributed by atoms with Crippen molar-refractivity contribution in [1.29, 1.82) is 0 Å². The first-order chi connectivity index (χ1) is 15.1. The Bertz CT molecular complexity index is 1040. The van der Waals surface area contributed by atoms with E-state index in [4.69, 9.17) is 4.74 Å². The summed E-state index contributed by atoms with van der Waals surface area (Å²) in [4.78, 5) is 24.8. The van der Waals surface area contributed by atoms with E-state index in [1.165, 1.54) is 12.1 Å². The predicted molar refractivity (Wildman–Crippen MR) is 119 cm³/mol. The van der Waals surface area contributed by atoms with Gasteiger partial charge in [-0.3, -0.25) is 9.59 Å². The summed E-state index contributed by atoms with van der Waals surface area (Å²) in [6, 6.07) is 20.5. The molecule has 0 aliphatic heterocycles. The van der Waals surface area contributed by atoms with Gasteiger partial charge in [0.15, 0.2) is 0 Å². The van der Waals surface area contributed by atoms with E-state index in [-0.39, 0.29) is 18.1 Å². The molecule has 6 nitrogen and oxygen atoms in total. The van der Waals surface area contributed by atoms with Crippen molar-refractivity contribution < 1.29 is 18.7 Å². The molecule has 0 spiro atoms. The number of rotatable bonds is 9. The smallest absolute Gasteiger partial charge is 0.253 e. The summed E-state index contributed by atoms with van der Waals surface area (Å²) in [6.07, 6.45) is 0.677. The molecule has 3 rings (SSSR count). The quantitative estimate of drug-likeness (QED) is 0.490. The summed E-state index contributed by atoms with van der Waals surface area (Å²) in [6.45, 7) is 0.359. The van der Waals surface area contributed by atoms with Crippen LogP contribution in [0.3, 0.4) is 0 Å². The minimum Gasteiger partial charge on any atom is -0.497 e. The number of halogens is 1. The summed E-state index contributed by atoms with van der Waals surface area (Å²) < 4.78 is 18.8. The van der Waals surface area contributed by atoms with E-state index in [1.807, 2.05) is 24.3 Å². The first-order valence-electron chi connectivity index (χ1n) is 9.85. The minimum atomic E-state index is -0.507.